The van der Waals surface area contributed by atoms with Crippen molar-refractivity contribution in [1.29, 1.82) is 0 Å². The predicted molar refractivity (Wildman–Crippen MR) is 188 cm³/mol. The molecule has 1 aliphatic rings. The molecule has 3 aromatic rings. The highest BCUT2D eigenvalue weighted by molar-refractivity contribution is 7.98. The number of anilines is 2. The Hall–Kier alpha value is -4.78. The third-order valence-corrected chi connectivity index (χ3v) is 8.75. The van der Waals surface area contributed by atoms with Crippen LogP contribution in [0.15, 0.2) is 41.2 Å². The van der Waals surface area contributed by atoms with Crippen molar-refractivity contribution < 1.29 is 38.0 Å². The van der Waals surface area contributed by atoms with E-state index in [0.29, 0.717) is 76.3 Å². The molecule has 3 aromatic carbocycles. The molecular formula is C35H43N3O9S. The summed E-state index contributed by atoms with van der Waals surface area (Å²) in [5, 5.41) is 9.14. The molecule has 12 nitrogen and oxygen atoms in total. The lowest BCUT2D eigenvalue weighted by Crippen LogP contribution is -2.36. The fraction of sp³-hybridized carbons (Fsp3) is 0.400. The highest BCUT2D eigenvalue weighted by atomic mass is 32.2. The Bertz CT molecular complexity index is 1690. The summed E-state index contributed by atoms with van der Waals surface area (Å²) >= 11 is 1.58. The minimum absolute atomic E-state index is 0.219. The number of hydrogen-bond acceptors (Lipinski definition) is 11. The minimum atomic E-state index is -0.774. The molecule has 0 aliphatic heterocycles. The van der Waals surface area contributed by atoms with Gasteiger partial charge in [0, 0.05) is 30.3 Å². The van der Waals surface area contributed by atoms with Gasteiger partial charge in [-0.25, -0.2) is 0 Å². The fourth-order valence-corrected chi connectivity index (χ4v) is 6.37. The third kappa shape index (κ3) is 7.67. The summed E-state index contributed by atoms with van der Waals surface area (Å²) in [7, 11) is 9.13. The summed E-state index contributed by atoms with van der Waals surface area (Å²) in [5.74, 6) is 2.62. The average molecular weight is 682 g/mol. The van der Waals surface area contributed by atoms with Gasteiger partial charge in [-0.2, -0.15) is 11.8 Å². The van der Waals surface area contributed by atoms with Gasteiger partial charge in [-0.3, -0.25) is 14.4 Å². The molecule has 48 heavy (non-hydrogen) atoms. The molecule has 2 atom stereocenters. The summed E-state index contributed by atoms with van der Waals surface area (Å²) in [6.45, 7) is 1.45. The Balaban J connectivity index is 1.81. The maximum atomic E-state index is 13.9. The zero-order chi connectivity index (χ0) is 35.0. The molecule has 0 aromatic heterocycles. The first-order chi connectivity index (χ1) is 23.1. The number of hydrogen-bond donors (Lipinski definition) is 3. The SMILES string of the molecule is COc1cc(NC(=O)[C@H](CCSC)Nc2ccc3c(cc2=O)[C@@H](NC(C)=O)CCc2cc(OC)c(OC)c(OC)c2-3)cc(OC)c1OC. The Morgan fingerprint density at radius 1 is 0.854 bits per heavy atom. The van der Waals surface area contributed by atoms with Gasteiger partial charge < -0.3 is 44.4 Å². The second-order valence-electron chi connectivity index (χ2n) is 11.0. The van der Waals surface area contributed by atoms with E-state index in [2.05, 4.69) is 16.0 Å². The molecule has 0 fully saturated rings. The molecule has 13 heteroatoms. The number of fused-ring (bicyclic) bond motifs is 3. The Morgan fingerprint density at radius 3 is 2.04 bits per heavy atom. The number of carbonyl (C=O) groups is 2. The van der Waals surface area contributed by atoms with Crippen molar-refractivity contribution in [3.05, 3.63) is 57.7 Å². The van der Waals surface area contributed by atoms with E-state index in [1.807, 2.05) is 18.4 Å². The number of carbonyl (C=O) groups excluding carboxylic acids is 2. The van der Waals surface area contributed by atoms with Gasteiger partial charge in [0.1, 0.15) is 6.04 Å². The van der Waals surface area contributed by atoms with Crippen LogP contribution in [0.2, 0.25) is 0 Å². The lowest BCUT2D eigenvalue weighted by atomic mass is 9.95. The van der Waals surface area contributed by atoms with E-state index >= 15 is 0 Å². The van der Waals surface area contributed by atoms with E-state index in [9.17, 15) is 14.4 Å². The zero-order valence-electron chi connectivity index (χ0n) is 28.5. The van der Waals surface area contributed by atoms with Crippen molar-refractivity contribution in [2.24, 2.45) is 0 Å². The summed E-state index contributed by atoms with van der Waals surface area (Å²) in [6, 6.07) is 8.93. The highest BCUT2D eigenvalue weighted by Gasteiger charge is 2.30. The first-order valence-corrected chi connectivity index (χ1v) is 16.7. The molecule has 258 valence electrons. The van der Waals surface area contributed by atoms with Gasteiger partial charge in [-0.05, 0) is 66.2 Å². The fourth-order valence-electron chi connectivity index (χ4n) is 5.90. The van der Waals surface area contributed by atoms with Crippen molar-refractivity contribution >= 4 is 35.0 Å². The van der Waals surface area contributed by atoms with Crippen LogP contribution in [0.3, 0.4) is 0 Å². The molecule has 0 bridgehead atoms. The first kappa shape index (κ1) is 36.1. The van der Waals surface area contributed by atoms with Gasteiger partial charge in [-0.1, -0.05) is 6.07 Å². The lowest BCUT2D eigenvalue weighted by Gasteiger charge is -2.20. The van der Waals surface area contributed by atoms with Crippen molar-refractivity contribution in [3.8, 4) is 45.6 Å². The minimum Gasteiger partial charge on any atom is -0.493 e. The van der Waals surface area contributed by atoms with Gasteiger partial charge in [0.05, 0.1) is 54.4 Å². The number of ether oxygens (including phenoxy) is 6. The monoisotopic (exact) mass is 681 g/mol. The number of aryl methyl sites for hydroxylation is 1. The Labute approximate surface area is 284 Å². The number of methoxy groups -OCH3 is 6. The lowest BCUT2D eigenvalue weighted by molar-refractivity contribution is -0.120. The topological polar surface area (TPSA) is 143 Å². The number of rotatable bonds is 14. The molecule has 4 rings (SSSR count). The molecule has 0 saturated heterocycles. The van der Waals surface area contributed by atoms with Gasteiger partial charge in [-0.15, -0.1) is 0 Å². The van der Waals surface area contributed by atoms with E-state index in [0.717, 1.165) is 11.1 Å². The summed E-state index contributed by atoms with van der Waals surface area (Å²) in [4.78, 5) is 40.0. The highest BCUT2D eigenvalue weighted by Crippen LogP contribution is 2.50. The summed E-state index contributed by atoms with van der Waals surface area (Å²) in [5.41, 5.74) is 3.26. The number of thioether (sulfide) groups is 1. The molecule has 0 saturated carbocycles. The van der Waals surface area contributed by atoms with E-state index in [4.69, 9.17) is 28.4 Å². The van der Waals surface area contributed by atoms with Crippen LogP contribution in [0.4, 0.5) is 11.4 Å². The smallest absolute Gasteiger partial charge is 0.246 e. The van der Waals surface area contributed by atoms with Crippen molar-refractivity contribution in [2.75, 3.05) is 65.3 Å². The van der Waals surface area contributed by atoms with Gasteiger partial charge in [0.15, 0.2) is 23.0 Å². The standard InChI is InChI=1S/C35H43N3O9S/c1-19(39)36-24-11-9-20-15-28(42-2)33(46-6)34(47-7)31(20)22-10-12-25(27(40)18-23(22)24)38-26(13-14-48-8)35(41)37-21-16-29(43-3)32(45-5)30(17-21)44-4/h10,12,15-18,24,26H,9,11,13-14H2,1-8H3,(H,36,39)(H,37,41)(H,38,40)/t24-,26-/m0/s1. The van der Waals surface area contributed by atoms with Crippen LogP contribution < -0.4 is 49.8 Å². The number of amides is 2. The number of benzene rings is 2. The molecular weight excluding hydrogens is 638 g/mol. The molecule has 2 amide bonds. The Kier molecular flexibility index (Phi) is 12.3. The van der Waals surface area contributed by atoms with Crippen LogP contribution >= 0.6 is 11.8 Å². The van der Waals surface area contributed by atoms with Crippen LogP contribution in [-0.2, 0) is 16.0 Å². The van der Waals surface area contributed by atoms with E-state index < -0.39 is 12.1 Å². The summed E-state index contributed by atoms with van der Waals surface area (Å²) < 4.78 is 33.5. The zero-order valence-corrected chi connectivity index (χ0v) is 29.3. The van der Waals surface area contributed by atoms with Crippen LogP contribution in [0.5, 0.6) is 34.5 Å². The largest absolute Gasteiger partial charge is 0.493 e. The molecule has 0 heterocycles. The second kappa shape index (κ2) is 16.4. The van der Waals surface area contributed by atoms with Crippen LogP contribution in [0.1, 0.15) is 36.9 Å². The molecule has 1 aliphatic carbocycles. The van der Waals surface area contributed by atoms with E-state index in [1.54, 1.807) is 44.2 Å². The predicted octanol–water partition coefficient (Wildman–Crippen LogP) is 5.06. The van der Waals surface area contributed by atoms with Gasteiger partial charge in [0.25, 0.3) is 0 Å². The average Bonchev–Trinajstić information content (AvgIpc) is 3.32. The van der Waals surface area contributed by atoms with Crippen LogP contribution in [0, 0.1) is 0 Å². The maximum absolute atomic E-state index is 13.9. The molecule has 0 spiro atoms. The normalized spacial score (nSPS) is 13.9. The van der Waals surface area contributed by atoms with E-state index in [1.165, 1.54) is 41.4 Å². The van der Waals surface area contributed by atoms with Gasteiger partial charge in [0.2, 0.25) is 28.7 Å². The molecule has 0 radical (unpaired) electrons. The van der Waals surface area contributed by atoms with Crippen LogP contribution in [0.25, 0.3) is 11.1 Å². The molecule has 0 unspecified atom stereocenters. The van der Waals surface area contributed by atoms with Crippen molar-refractivity contribution in [2.45, 2.75) is 38.3 Å². The van der Waals surface area contributed by atoms with Crippen molar-refractivity contribution in [1.82, 2.24) is 5.32 Å². The first-order valence-electron chi connectivity index (χ1n) is 15.3. The molecule has 3 N–H and O–H groups in total. The van der Waals surface area contributed by atoms with Gasteiger partial charge >= 0.3 is 0 Å². The maximum Gasteiger partial charge on any atom is 0.246 e. The Morgan fingerprint density at radius 2 is 1.48 bits per heavy atom. The third-order valence-electron chi connectivity index (χ3n) is 8.11. The second-order valence-corrected chi connectivity index (χ2v) is 12.0. The van der Waals surface area contributed by atoms with Crippen LogP contribution in [-0.4, -0.2) is 72.5 Å². The summed E-state index contributed by atoms with van der Waals surface area (Å²) in [6.07, 6.45) is 3.48. The van der Waals surface area contributed by atoms with E-state index in [-0.39, 0.29) is 22.9 Å². The quantitative estimate of drug-likeness (QED) is 0.210. The number of nitrogens with one attached hydrogen (secondary N) is 3. The van der Waals surface area contributed by atoms with Crippen molar-refractivity contribution in [3.63, 3.8) is 0 Å².